The Morgan fingerprint density at radius 1 is 1.62 bits per heavy atom. The van der Waals surface area contributed by atoms with Crippen LogP contribution in [0.15, 0.2) is 0 Å². The van der Waals surface area contributed by atoms with Crippen LogP contribution in [0.2, 0.25) is 0 Å². The maximum atomic E-state index is 11.9. The van der Waals surface area contributed by atoms with Crippen molar-refractivity contribution in [2.45, 2.75) is 31.8 Å². The van der Waals surface area contributed by atoms with Crippen molar-refractivity contribution < 1.29 is 19.4 Å². The van der Waals surface area contributed by atoms with E-state index in [9.17, 15) is 9.59 Å². The fraction of sp³-hybridized carbons (Fsp3) is 0.800. The molecule has 0 aliphatic carbocycles. The standard InChI is InChI=1S/C10H18N2O4/c1-2-8(11)10(15)12-3-4-16-6-7(12)5-9(13)14/h7-8H,2-6,11H2,1H3,(H,13,14)/t7?,8-/m0/s1. The number of hydrogen-bond donors (Lipinski definition) is 2. The minimum Gasteiger partial charge on any atom is -0.481 e. The molecule has 1 aliphatic heterocycles. The maximum absolute atomic E-state index is 11.9. The predicted octanol–water partition coefficient (Wildman–Crippen LogP) is -0.574. The quantitative estimate of drug-likeness (QED) is 0.674. The highest BCUT2D eigenvalue weighted by Crippen LogP contribution is 2.12. The van der Waals surface area contributed by atoms with E-state index in [0.717, 1.165) is 0 Å². The molecule has 2 atom stereocenters. The molecule has 1 rings (SSSR count). The van der Waals surface area contributed by atoms with E-state index in [1.807, 2.05) is 6.92 Å². The summed E-state index contributed by atoms with van der Waals surface area (Å²) in [5, 5.41) is 8.74. The molecular formula is C10H18N2O4. The van der Waals surface area contributed by atoms with E-state index in [1.54, 1.807) is 0 Å². The molecule has 6 heteroatoms. The highest BCUT2D eigenvalue weighted by atomic mass is 16.5. The van der Waals surface area contributed by atoms with Crippen molar-refractivity contribution in [2.24, 2.45) is 5.73 Å². The molecule has 1 aliphatic rings. The Morgan fingerprint density at radius 2 is 2.31 bits per heavy atom. The van der Waals surface area contributed by atoms with Gasteiger partial charge >= 0.3 is 5.97 Å². The Morgan fingerprint density at radius 3 is 2.88 bits per heavy atom. The first kappa shape index (κ1) is 12.9. The number of nitrogens with zero attached hydrogens (tertiary/aromatic N) is 1. The van der Waals surface area contributed by atoms with E-state index in [4.69, 9.17) is 15.6 Å². The van der Waals surface area contributed by atoms with E-state index in [1.165, 1.54) is 4.90 Å². The molecule has 0 aromatic rings. The molecule has 0 bridgehead atoms. The number of carbonyl (C=O) groups excluding carboxylic acids is 1. The van der Waals surface area contributed by atoms with Gasteiger partial charge in [0.05, 0.1) is 31.7 Å². The number of morpholine rings is 1. The smallest absolute Gasteiger partial charge is 0.305 e. The Balaban J connectivity index is 2.65. The number of nitrogens with two attached hydrogens (primary N) is 1. The van der Waals surface area contributed by atoms with Crippen molar-refractivity contribution >= 4 is 11.9 Å². The minimum atomic E-state index is -0.932. The van der Waals surface area contributed by atoms with Crippen LogP contribution in [0.4, 0.5) is 0 Å². The summed E-state index contributed by atoms with van der Waals surface area (Å²) in [6.45, 7) is 2.96. The van der Waals surface area contributed by atoms with E-state index in [2.05, 4.69) is 0 Å². The highest BCUT2D eigenvalue weighted by molar-refractivity contribution is 5.82. The third kappa shape index (κ3) is 3.18. The molecule has 3 N–H and O–H groups in total. The zero-order valence-corrected chi connectivity index (χ0v) is 9.39. The number of carbonyl (C=O) groups is 2. The van der Waals surface area contributed by atoms with Crippen molar-refractivity contribution in [3.05, 3.63) is 0 Å². The van der Waals surface area contributed by atoms with Crippen LogP contribution in [-0.2, 0) is 14.3 Å². The van der Waals surface area contributed by atoms with Crippen LogP contribution in [0.5, 0.6) is 0 Å². The van der Waals surface area contributed by atoms with Crippen LogP contribution < -0.4 is 5.73 Å². The third-order valence-electron chi connectivity index (χ3n) is 2.68. The summed E-state index contributed by atoms with van der Waals surface area (Å²) in [6, 6.07) is -0.939. The van der Waals surface area contributed by atoms with Gasteiger partial charge in [-0.15, -0.1) is 0 Å². The largest absolute Gasteiger partial charge is 0.481 e. The topological polar surface area (TPSA) is 92.9 Å². The summed E-state index contributed by atoms with van der Waals surface area (Å²) in [5.74, 6) is -1.12. The van der Waals surface area contributed by atoms with E-state index in [0.29, 0.717) is 19.6 Å². The zero-order valence-electron chi connectivity index (χ0n) is 9.39. The van der Waals surface area contributed by atoms with E-state index >= 15 is 0 Å². The van der Waals surface area contributed by atoms with Crippen LogP contribution >= 0.6 is 0 Å². The van der Waals surface area contributed by atoms with Crippen molar-refractivity contribution in [2.75, 3.05) is 19.8 Å². The Hall–Kier alpha value is -1.14. The van der Waals surface area contributed by atoms with Crippen LogP contribution in [0, 0.1) is 0 Å². The first-order valence-corrected chi connectivity index (χ1v) is 5.41. The molecule has 0 spiro atoms. The van der Waals surface area contributed by atoms with Crippen molar-refractivity contribution in [3.63, 3.8) is 0 Å². The second kappa shape index (κ2) is 5.81. The first-order valence-electron chi connectivity index (χ1n) is 5.41. The molecule has 1 heterocycles. The third-order valence-corrected chi connectivity index (χ3v) is 2.68. The minimum absolute atomic E-state index is 0.0951. The molecule has 1 amide bonds. The zero-order chi connectivity index (χ0) is 12.1. The molecule has 1 unspecified atom stereocenters. The molecular weight excluding hydrogens is 212 g/mol. The van der Waals surface area contributed by atoms with Gasteiger partial charge in [-0.3, -0.25) is 9.59 Å². The molecule has 1 fully saturated rings. The number of carboxylic acids is 1. The number of aliphatic carboxylic acids is 1. The number of rotatable bonds is 4. The normalized spacial score (nSPS) is 22.9. The lowest BCUT2D eigenvalue weighted by Gasteiger charge is -2.36. The summed E-state index contributed by atoms with van der Waals surface area (Å²) in [4.78, 5) is 24.1. The van der Waals surface area contributed by atoms with Gasteiger partial charge in [-0.2, -0.15) is 0 Å². The van der Waals surface area contributed by atoms with Gasteiger partial charge in [-0.05, 0) is 6.42 Å². The Labute approximate surface area is 94.3 Å². The Kier molecular flexibility index (Phi) is 4.70. The second-order valence-electron chi connectivity index (χ2n) is 3.87. The molecule has 0 saturated carbocycles. The van der Waals surface area contributed by atoms with E-state index < -0.39 is 18.1 Å². The number of amides is 1. The van der Waals surface area contributed by atoms with Crippen LogP contribution in [-0.4, -0.2) is 53.7 Å². The summed E-state index contributed by atoms with van der Waals surface area (Å²) >= 11 is 0. The van der Waals surface area contributed by atoms with Gasteiger partial charge in [-0.25, -0.2) is 0 Å². The molecule has 92 valence electrons. The van der Waals surface area contributed by atoms with Crippen molar-refractivity contribution in [3.8, 4) is 0 Å². The lowest BCUT2D eigenvalue weighted by atomic mass is 10.1. The van der Waals surface area contributed by atoms with Crippen LogP contribution in [0.3, 0.4) is 0 Å². The van der Waals surface area contributed by atoms with Gasteiger partial charge in [-0.1, -0.05) is 6.92 Å². The lowest BCUT2D eigenvalue weighted by Crippen LogP contribution is -2.54. The average Bonchev–Trinajstić information content (AvgIpc) is 2.27. The summed E-state index contributed by atoms with van der Waals surface area (Å²) in [7, 11) is 0. The molecule has 0 radical (unpaired) electrons. The van der Waals surface area contributed by atoms with Gasteiger partial charge in [0.15, 0.2) is 0 Å². The average molecular weight is 230 g/mol. The predicted molar refractivity (Wildman–Crippen MR) is 56.8 cm³/mol. The van der Waals surface area contributed by atoms with Gasteiger partial charge in [0.25, 0.3) is 0 Å². The molecule has 0 aromatic carbocycles. The van der Waals surface area contributed by atoms with Crippen LogP contribution in [0.25, 0.3) is 0 Å². The van der Waals surface area contributed by atoms with Gasteiger partial charge in [0.1, 0.15) is 0 Å². The lowest BCUT2D eigenvalue weighted by molar-refractivity contribution is -0.147. The molecule has 1 saturated heterocycles. The summed E-state index contributed by atoms with van der Waals surface area (Å²) in [6.07, 6.45) is 0.457. The fourth-order valence-electron chi connectivity index (χ4n) is 1.70. The summed E-state index contributed by atoms with van der Waals surface area (Å²) in [5.41, 5.74) is 5.66. The monoisotopic (exact) mass is 230 g/mol. The second-order valence-corrected chi connectivity index (χ2v) is 3.87. The molecule has 6 nitrogen and oxygen atoms in total. The molecule has 0 aromatic heterocycles. The Bertz CT molecular complexity index is 270. The SMILES string of the molecule is CC[C@H](N)C(=O)N1CCOCC1CC(=O)O. The van der Waals surface area contributed by atoms with Gasteiger partial charge in [0, 0.05) is 6.54 Å². The van der Waals surface area contributed by atoms with Gasteiger partial charge < -0.3 is 20.5 Å². The van der Waals surface area contributed by atoms with Crippen molar-refractivity contribution in [1.82, 2.24) is 4.90 Å². The maximum Gasteiger partial charge on any atom is 0.305 e. The van der Waals surface area contributed by atoms with Gasteiger partial charge in [0.2, 0.25) is 5.91 Å². The highest BCUT2D eigenvalue weighted by Gasteiger charge is 2.31. The first-order chi connectivity index (χ1) is 7.56. The number of ether oxygens (including phenoxy) is 1. The fourth-order valence-corrected chi connectivity index (χ4v) is 1.70. The number of hydrogen-bond acceptors (Lipinski definition) is 4. The van der Waals surface area contributed by atoms with Crippen LogP contribution in [0.1, 0.15) is 19.8 Å². The summed E-state index contributed by atoms with van der Waals surface area (Å²) < 4.78 is 5.18. The van der Waals surface area contributed by atoms with E-state index in [-0.39, 0.29) is 18.9 Å². The number of carboxylic acid groups (broad SMARTS) is 1. The molecule has 16 heavy (non-hydrogen) atoms. The van der Waals surface area contributed by atoms with Crippen molar-refractivity contribution in [1.29, 1.82) is 0 Å².